The number of anilines is 1. The van der Waals surface area contributed by atoms with Crippen LogP contribution in [0.2, 0.25) is 0 Å². The van der Waals surface area contributed by atoms with Gasteiger partial charge in [0.15, 0.2) is 0 Å². The van der Waals surface area contributed by atoms with Crippen LogP contribution < -0.4 is 4.90 Å². The van der Waals surface area contributed by atoms with Crippen molar-refractivity contribution >= 4 is 18.1 Å². The summed E-state index contributed by atoms with van der Waals surface area (Å²) in [5, 5.41) is 5.96. The monoisotopic (exact) mass is 350 g/mol. The fourth-order valence-corrected chi connectivity index (χ4v) is 3.43. The minimum Gasteiger partial charge on any atom is -0.338 e. The number of hydrazone groups is 1. The molecule has 3 heterocycles. The van der Waals surface area contributed by atoms with Gasteiger partial charge < -0.3 is 4.90 Å². The predicted molar refractivity (Wildman–Crippen MR) is 99.8 cm³/mol. The van der Waals surface area contributed by atoms with Gasteiger partial charge in [-0.1, -0.05) is 30.3 Å². The first kappa shape index (κ1) is 16.7. The number of nitrogens with zero attached hydrogens (tertiary/aromatic N) is 6. The van der Waals surface area contributed by atoms with Gasteiger partial charge >= 0.3 is 0 Å². The summed E-state index contributed by atoms with van der Waals surface area (Å²) < 4.78 is 0. The molecule has 0 radical (unpaired) electrons. The van der Waals surface area contributed by atoms with E-state index < -0.39 is 0 Å². The zero-order valence-electron chi connectivity index (χ0n) is 14.6. The van der Waals surface area contributed by atoms with Gasteiger partial charge in [-0.3, -0.25) is 9.69 Å². The van der Waals surface area contributed by atoms with E-state index in [2.05, 4.69) is 37.0 Å². The highest BCUT2D eigenvalue weighted by Gasteiger charge is 2.30. The van der Waals surface area contributed by atoms with Crippen LogP contribution in [0.15, 0.2) is 53.9 Å². The molecule has 1 aromatic carbocycles. The first-order chi connectivity index (χ1) is 12.8. The Morgan fingerprint density at radius 1 is 1.00 bits per heavy atom. The maximum Gasteiger partial charge on any atom is 0.257 e. The van der Waals surface area contributed by atoms with Crippen LogP contribution in [-0.4, -0.2) is 64.7 Å². The summed E-state index contributed by atoms with van der Waals surface area (Å²) in [5.74, 6) is 0.809. The second-order valence-electron chi connectivity index (χ2n) is 6.51. The van der Waals surface area contributed by atoms with Gasteiger partial charge in [0.05, 0.1) is 12.6 Å². The number of benzene rings is 1. The molecule has 2 aliphatic heterocycles. The molecule has 1 atom stereocenters. The van der Waals surface area contributed by atoms with Crippen molar-refractivity contribution in [3.8, 4) is 0 Å². The molecule has 0 saturated carbocycles. The van der Waals surface area contributed by atoms with Gasteiger partial charge in [0.25, 0.3) is 5.91 Å². The minimum atomic E-state index is 0.0164. The van der Waals surface area contributed by atoms with Crippen LogP contribution in [0.4, 0.5) is 5.95 Å². The minimum absolute atomic E-state index is 0.0164. The third-order valence-electron chi connectivity index (χ3n) is 4.84. The Hall–Kier alpha value is -2.80. The lowest BCUT2D eigenvalue weighted by molar-refractivity contribution is -0.134. The van der Waals surface area contributed by atoms with E-state index in [-0.39, 0.29) is 11.9 Å². The average molecular weight is 350 g/mol. The predicted octanol–water partition coefficient (Wildman–Crippen LogP) is 1.56. The SMILES string of the molecule is O=C(CN1CCN(c2ncccn2)CC1)N1N=CC[C@H]1c1ccccc1. The van der Waals surface area contributed by atoms with Gasteiger partial charge in [-0.05, 0) is 11.6 Å². The highest BCUT2D eigenvalue weighted by molar-refractivity contribution is 5.81. The maximum absolute atomic E-state index is 12.8. The standard InChI is InChI=1S/C19H22N6O/c26-18(25-17(7-10-22-25)16-5-2-1-3-6-16)15-23-11-13-24(14-12-23)19-20-8-4-9-21-19/h1-6,8-10,17H,7,11-15H2/t17-/m0/s1. The summed E-state index contributed by atoms with van der Waals surface area (Å²) in [6.07, 6.45) is 6.12. The zero-order valence-corrected chi connectivity index (χ0v) is 14.6. The van der Waals surface area contributed by atoms with Crippen LogP contribution in [0.5, 0.6) is 0 Å². The Kier molecular flexibility index (Phi) is 4.88. The topological polar surface area (TPSA) is 64.9 Å². The molecule has 2 aliphatic rings. The smallest absolute Gasteiger partial charge is 0.257 e. The van der Waals surface area contributed by atoms with Crippen molar-refractivity contribution in [1.82, 2.24) is 19.9 Å². The molecule has 1 amide bonds. The van der Waals surface area contributed by atoms with Gasteiger partial charge in [0.1, 0.15) is 0 Å². The highest BCUT2D eigenvalue weighted by atomic mass is 16.2. The molecular weight excluding hydrogens is 328 g/mol. The summed E-state index contributed by atoms with van der Waals surface area (Å²) >= 11 is 0. The fraction of sp³-hybridized carbons (Fsp3) is 0.368. The molecule has 4 rings (SSSR count). The third-order valence-corrected chi connectivity index (χ3v) is 4.84. The molecule has 26 heavy (non-hydrogen) atoms. The number of hydrogen-bond donors (Lipinski definition) is 0. The van der Waals surface area contributed by atoms with E-state index in [4.69, 9.17) is 0 Å². The molecule has 1 fully saturated rings. The average Bonchev–Trinajstić information content (AvgIpc) is 3.20. The van der Waals surface area contributed by atoms with E-state index in [9.17, 15) is 4.79 Å². The molecule has 2 aromatic rings. The highest BCUT2D eigenvalue weighted by Crippen LogP contribution is 2.28. The van der Waals surface area contributed by atoms with Gasteiger partial charge in [-0.15, -0.1) is 0 Å². The van der Waals surface area contributed by atoms with E-state index in [1.807, 2.05) is 30.5 Å². The number of carbonyl (C=O) groups excluding carboxylic acids is 1. The lowest BCUT2D eigenvalue weighted by Gasteiger charge is -2.35. The van der Waals surface area contributed by atoms with Crippen LogP contribution in [0.1, 0.15) is 18.0 Å². The zero-order chi connectivity index (χ0) is 17.8. The van der Waals surface area contributed by atoms with Crippen LogP contribution in [0, 0.1) is 0 Å². The Bertz CT molecular complexity index is 758. The van der Waals surface area contributed by atoms with E-state index in [0.29, 0.717) is 6.54 Å². The number of rotatable bonds is 4. The van der Waals surface area contributed by atoms with E-state index in [1.54, 1.807) is 17.4 Å². The Labute approximate surface area is 153 Å². The molecule has 0 aliphatic carbocycles. The van der Waals surface area contributed by atoms with Crippen LogP contribution in [0.3, 0.4) is 0 Å². The van der Waals surface area contributed by atoms with Crippen molar-refractivity contribution in [2.24, 2.45) is 5.10 Å². The molecular formula is C19H22N6O. The Morgan fingerprint density at radius 3 is 2.46 bits per heavy atom. The number of aromatic nitrogens is 2. The maximum atomic E-state index is 12.8. The van der Waals surface area contributed by atoms with Crippen molar-refractivity contribution < 1.29 is 4.79 Å². The molecule has 1 aromatic heterocycles. The molecule has 7 heteroatoms. The van der Waals surface area contributed by atoms with Crippen molar-refractivity contribution in [3.63, 3.8) is 0 Å². The van der Waals surface area contributed by atoms with E-state index >= 15 is 0 Å². The number of carbonyl (C=O) groups is 1. The van der Waals surface area contributed by atoms with Crippen molar-refractivity contribution in [3.05, 3.63) is 54.4 Å². The van der Waals surface area contributed by atoms with Crippen LogP contribution >= 0.6 is 0 Å². The molecule has 0 bridgehead atoms. The molecule has 7 nitrogen and oxygen atoms in total. The van der Waals surface area contributed by atoms with Gasteiger partial charge in [0.2, 0.25) is 5.95 Å². The second-order valence-corrected chi connectivity index (χ2v) is 6.51. The number of hydrogen-bond acceptors (Lipinski definition) is 6. The molecule has 0 unspecified atom stereocenters. The quantitative estimate of drug-likeness (QED) is 0.837. The van der Waals surface area contributed by atoms with E-state index in [0.717, 1.165) is 44.1 Å². The lowest BCUT2D eigenvalue weighted by Crippen LogP contribution is -2.50. The second kappa shape index (κ2) is 7.61. The summed E-state index contributed by atoms with van der Waals surface area (Å²) in [6.45, 7) is 3.67. The Balaban J connectivity index is 1.33. The molecule has 0 N–H and O–H groups in total. The van der Waals surface area contributed by atoms with Gasteiger partial charge in [0, 0.05) is 51.2 Å². The summed E-state index contributed by atoms with van der Waals surface area (Å²) in [6, 6.07) is 11.9. The largest absolute Gasteiger partial charge is 0.338 e. The van der Waals surface area contributed by atoms with Gasteiger partial charge in [-0.25, -0.2) is 15.0 Å². The van der Waals surface area contributed by atoms with Crippen LogP contribution in [0.25, 0.3) is 0 Å². The van der Waals surface area contributed by atoms with Crippen LogP contribution in [-0.2, 0) is 4.79 Å². The molecule has 0 spiro atoms. The number of amides is 1. The summed E-state index contributed by atoms with van der Waals surface area (Å²) in [4.78, 5) is 25.7. The fourth-order valence-electron chi connectivity index (χ4n) is 3.43. The first-order valence-corrected chi connectivity index (χ1v) is 8.95. The normalized spacial score (nSPS) is 20.5. The summed E-state index contributed by atoms with van der Waals surface area (Å²) in [5.41, 5.74) is 1.13. The third kappa shape index (κ3) is 3.57. The Morgan fingerprint density at radius 2 is 1.73 bits per heavy atom. The van der Waals surface area contributed by atoms with Gasteiger partial charge in [-0.2, -0.15) is 5.10 Å². The lowest BCUT2D eigenvalue weighted by atomic mass is 10.0. The van der Waals surface area contributed by atoms with Crippen molar-refractivity contribution in [2.75, 3.05) is 37.6 Å². The summed E-state index contributed by atoms with van der Waals surface area (Å²) in [7, 11) is 0. The number of piperazine rings is 1. The van der Waals surface area contributed by atoms with Crippen molar-refractivity contribution in [2.45, 2.75) is 12.5 Å². The van der Waals surface area contributed by atoms with Crippen molar-refractivity contribution in [1.29, 1.82) is 0 Å². The van der Waals surface area contributed by atoms with E-state index in [1.165, 1.54) is 0 Å². The molecule has 134 valence electrons. The molecule has 1 saturated heterocycles. The first-order valence-electron chi connectivity index (χ1n) is 8.95.